The molecule has 1 atom stereocenters. The summed E-state index contributed by atoms with van der Waals surface area (Å²) in [5.74, 6) is -0.0865. The maximum Gasteiger partial charge on any atom is 0.251 e. The van der Waals surface area contributed by atoms with Gasteiger partial charge in [-0.1, -0.05) is 18.2 Å². The number of amides is 2. The van der Waals surface area contributed by atoms with Crippen molar-refractivity contribution in [2.24, 2.45) is 0 Å². The lowest BCUT2D eigenvalue weighted by Crippen LogP contribution is -2.62. The van der Waals surface area contributed by atoms with Crippen LogP contribution < -0.4 is 10.6 Å². The molecular weight excluding hydrogens is 304 g/mol. The average molecular weight is 326 g/mol. The predicted octanol–water partition coefficient (Wildman–Crippen LogP) is 1.72. The van der Waals surface area contributed by atoms with E-state index in [-0.39, 0.29) is 17.9 Å². The summed E-state index contributed by atoms with van der Waals surface area (Å²) in [6.45, 7) is 4.41. The molecule has 24 heavy (non-hydrogen) atoms. The highest BCUT2D eigenvalue weighted by molar-refractivity contribution is 5.96. The minimum absolute atomic E-state index is 0.0320. The SMILES string of the molecule is CC1(C)NC(=O)CCC1NC(=O)c1ccccc1Cn1cccn1. The van der Waals surface area contributed by atoms with Crippen LogP contribution in [0.15, 0.2) is 42.7 Å². The Bertz CT molecular complexity index is 737. The highest BCUT2D eigenvalue weighted by Gasteiger charge is 2.36. The van der Waals surface area contributed by atoms with Crippen LogP contribution in [0.4, 0.5) is 0 Å². The Morgan fingerprint density at radius 1 is 1.38 bits per heavy atom. The van der Waals surface area contributed by atoms with Gasteiger partial charge in [-0.15, -0.1) is 0 Å². The van der Waals surface area contributed by atoms with Crippen LogP contribution in [0.1, 0.15) is 42.6 Å². The van der Waals surface area contributed by atoms with Gasteiger partial charge in [0.2, 0.25) is 5.91 Å². The summed E-state index contributed by atoms with van der Waals surface area (Å²) in [4.78, 5) is 24.4. The number of carbonyl (C=O) groups excluding carboxylic acids is 2. The maximum atomic E-state index is 12.8. The van der Waals surface area contributed by atoms with E-state index in [1.165, 1.54) is 0 Å². The molecule has 0 spiro atoms. The molecule has 1 fully saturated rings. The van der Waals surface area contributed by atoms with Gasteiger partial charge in [-0.05, 0) is 38.0 Å². The second kappa shape index (κ2) is 6.47. The molecule has 0 saturated carbocycles. The summed E-state index contributed by atoms with van der Waals surface area (Å²) in [5.41, 5.74) is 1.10. The number of benzene rings is 1. The first-order valence-corrected chi connectivity index (χ1v) is 8.13. The van der Waals surface area contributed by atoms with E-state index in [4.69, 9.17) is 0 Å². The molecule has 0 aliphatic carbocycles. The molecule has 2 aromatic rings. The maximum absolute atomic E-state index is 12.8. The highest BCUT2D eigenvalue weighted by Crippen LogP contribution is 2.21. The molecule has 126 valence electrons. The normalized spacial score (nSPS) is 19.6. The largest absolute Gasteiger partial charge is 0.349 e. The van der Waals surface area contributed by atoms with Crippen LogP contribution in [0.2, 0.25) is 0 Å². The summed E-state index contributed by atoms with van der Waals surface area (Å²) in [6.07, 6.45) is 4.67. The second-order valence-electron chi connectivity index (χ2n) is 6.70. The first kappa shape index (κ1) is 16.2. The Kier molecular flexibility index (Phi) is 4.38. The van der Waals surface area contributed by atoms with Crippen LogP contribution in [0.25, 0.3) is 0 Å². The van der Waals surface area contributed by atoms with Crippen molar-refractivity contribution in [1.29, 1.82) is 0 Å². The average Bonchev–Trinajstić information content (AvgIpc) is 3.03. The molecule has 1 saturated heterocycles. The molecule has 1 aromatic heterocycles. The van der Waals surface area contributed by atoms with E-state index in [9.17, 15) is 9.59 Å². The van der Waals surface area contributed by atoms with Gasteiger partial charge in [0, 0.05) is 24.4 Å². The van der Waals surface area contributed by atoms with Crippen LogP contribution in [-0.2, 0) is 11.3 Å². The standard InChI is InChI=1S/C18H22N4O2/c1-18(2)15(8-9-16(23)21-18)20-17(24)14-7-4-3-6-13(14)12-22-11-5-10-19-22/h3-7,10-11,15H,8-9,12H2,1-2H3,(H,20,24)(H,21,23). The van der Waals surface area contributed by atoms with E-state index in [2.05, 4.69) is 15.7 Å². The Hall–Kier alpha value is -2.63. The lowest BCUT2D eigenvalue weighted by molar-refractivity contribution is -0.125. The van der Waals surface area contributed by atoms with Gasteiger partial charge in [-0.2, -0.15) is 5.10 Å². The van der Waals surface area contributed by atoms with Crippen molar-refractivity contribution in [3.05, 3.63) is 53.9 Å². The summed E-state index contributed by atoms with van der Waals surface area (Å²) in [6, 6.07) is 9.29. The number of nitrogens with zero attached hydrogens (tertiary/aromatic N) is 2. The fraction of sp³-hybridized carbons (Fsp3) is 0.389. The van der Waals surface area contributed by atoms with Gasteiger partial charge in [-0.25, -0.2) is 0 Å². The molecule has 1 aliphatic heterocycles. The molecule has 2 N–H and O–H groups in total. The summed E-state index contributed by atoms with van der Waals surface area (Å²) in [7, 11) is 0. The van der Waals surface area contributed by atoms with E-state index in [1.807, 2.05) is 50.4 Å². The third kappa shape index (κ3) is 3.48. The zero-order valence-electron chi connectivity index (χ0n) is 14.0. The summed E-state index contributed by atoms with van der Waals surface area (Å²) in [5, 5.41) is 10.2. The van der Waals surface area contributed by atoms with Crippen molar-refractivity contribution in [3.63, 3.8) is 0 Å². The minimum atomic E-state index is -0.456. The first-order valence-electron chi connectivity index (χ1n) is 8.13. The van der Waals surface area contributed by atoms with Gasteiger partial charge < -0.3 is 10.6 Å². The lowest BCUT2D eigenvalue weighted by Gasteiger charge is -2.39. The third-order valence-corrected chi connectivity index (χ3v) is 4.45. The van der Waals surface area contributed by atoms with Crippen molar-refractivity contribution >= 4 is 11.8 Å². The highest BCUT2D eigenvalue weighted by atomic mass is 16.2. The summed E-state index contributed by atoms with van der Waals surface area (Å²) < 4.78 is 1.79. The van der Waals surface area contributed by atoms with Crippen molar-refractivity contribution in [3.8, 4) is 0 Å². The number of rotatable bonds is 4. The van der Waals surface area contributed by atoms with E-state index < -0.39 is 5.54 Å². The molecule has 1 unspecified atom stereocenters. The third-order valence-electron chi connectivity index (χ3n) is 4.45. The molecule has 0 radical (unpaired) electrons. The monoisotopic (exact) mass is 326 g/mol. The van der Waals surface area contributed by atoms with Gasteiger partial charge in [0.15, 0.2) is 0 Å². The quantitative estimate of drug-likeness (QED) is 0.898. The zero-order valence-corrected chi connectivity index (χ0v) is 14.0. The second-order valence-corrected chi connectivity index (χ2v) is 6.70. The van der Waals surface area contributed by atoms with Gasteiger partial charge in [0.1, 0.15) is 0 Å². The first-order chi connectivity index (χ1) is 11.5. The van der Waals surface area contributed by atoms with Crippen molar-refractivity contribution in [2.75, 3.05) is 0 Å². The van der Waals surface area contributed by atoms with Crippen LogP contribution in [0.3, 0.4) is 0 Å². The van der Waals surface area contributed by atoms with Crippen molar-refractivity contribution in [1.82, 2.24) is 20.4 Å². The number of hydrogen-bond donors (Lipinski definition) is 2. The molecule has 3 rings (SSSR count). The Balaban J connectivity index is 1.77. The van der Waals surface area contributed by atoms with E-state index >= 15 is 0 Å². The Morgan fingerprint density at radius 2 is 2.17 bits per heavy atom. The number of piperidine rings is 1. The molecule has 6 nitrogen and oxygen atoms in total. The molecule has 1 aliphatic rings. The minimum Gasteiger partial charge on any atom is -0.349 e. The molecule has 2 heterocycles. The topological polar surface area (TPSA) is 76.0 Å². The molecule has 6 heteroatoms. The molecule has 1 aromatic carbocycles. The number of hydrogen-bond acceptors (Lipinski definition) is 3. The number of carbonyl (C=O) groups is 2. The van der Waals surface area contributed by atoms with Gasteiger partial charge in [0.25, 0.3) is 5.91 Å². The summed E-state index contributed by atoms with van der Waals surface area (Å²) >= 11 is 0. The molecular formula is C18H22N4O2. The lowest BCUT2D eigenvalue weighted by atomic mass is 9.86. The van der Waals surface area contributed by atoms with Crippen LogP contribution in [-0.4, -0.2) is 33.2 Å². The zero-order chi connectivity index (χ0) is 17.2. The van der Waals surface area contributed by atoms with Gasteiger partial charge in [0.05, 0.1) is 18.1 Å². The van der Waals surface area contributed by atoms with Crippen molar-refractivity contribution in [2.45, 2.75) is 44.8 Å². The molecule has 0 bridgehead atoms. The number of aromatic nitrogens is 2. The van der Waals surface area contributed by atoms with Crippen LogP contribution in [0.5, 0.6) is 0 Å². The molecule has 2 amide bonds. The van der Waals surface area contributed by atoms with Crippen molar-refractivity contribution < 1.29 is 9.59 Å². The predicted molar refractivity (Wildman–Crippen MR) is 90.5 cm³/mol. The van der Waals surface area contributed by atoms with E-state index in [1.54, 1.807) is 10.9 Å². The van der Waals surface area contributed by atoms with E-state index in [0.717, 1.165) is 5.56 Å². The number of nitrogens with one attached hydrogen (secondary N) is 2. The fourth-order valence-corrected chi connectivity index (χ4v) is 3.08. The van der Waals surface area contributed by atoms with Gasteiger partial charge >= 0.3 is 0 Å². The van der Waals surface area contributed by atoms with Gasteiger partial charge in [-0.3, -0.25) is 14.3 Å². The Labute approximate surface area is 141 Å². The van der Waals surface area contributed by atoms with E-state index in [0.29, 0.717) is 24.9 Å². The van der Waals surface area contributed by atoms with Crippen LogP contribution in [0, 0.1) is 0 Å². The Morgan fingerprint density at radius 3 is 2.88 bits per heavy atom. The van der Waals surface area contributed by atoms with Crippen LogP contribution >= 0.6 is 0 Å². The fourth-order valence-electron chi connectivity index (χ4n) is 3.08. The smallest absolute Gasteiger partial charge is 0.251 e.